The molecule has 0 aliphatic heterocycles. The summed E-state index contributed by atoms with van der Waals surface area (Å²) in [5.74, 6) is 0. The van der Waals surface area contributed by atoms with E-state index >= 15 is 0 Å². The lowest BCUT2D eigenvalue weighted by Crippen LogP contribution is -2.10. The maximum absolute atomic E-state index is 3.53. The van der Waals surface area contributed by atoms with Crippen LogP contribution in [0.4, 0.5) is 17.1 Å². The van der Waals surface area contributed by atoms with E-state index in [4.69, 9.17) is 0 Å². The zero-order chi connectivity index (χ0) is 25.2. The first-order valence-corrected chi connectivity index (χ1v) is 13.7. The normalized spacial score (nSPS) is 11.0. The van der Waals surface area contributed by atoms with Crippen LogP contribution in [0.2, 0.25) is 0 Å². The Labute approximate surface area is 234 Å². The molecule has 0 saturated heterocycles. The first-order valence-electron chi connectivity index (χ1n) is 12.2. The van der Waals surface area contributed by atoms with Crippen molar-refractivity contribution in [2.75, 3.05) is 4.90 Å². The summed E-state index contributed by atoms with van der Waals surface area (Å²) in [4.78, 5) is 2.35. The van der Waals surface area contributed by atoms with Gasteiger partial charge in [-0.1, -0.05) is 117 Å². The fourth-order valence-electron chi connectivity index (χ4n) is 4.72. The minimum atomic E-state index is 1.08. The third-order valence-corrected chi connectivity index (χ3v) is 7.67. The van der Waals surface area contributed by atoms with E-state index in [0.29, 0.717) is 0 Å². The van der Waals surface area contributed by atoms with E-state index in [1.807, 2.05) is 0 Å². The third-order valence-electron chi connectivity index (χ3n) is 6.61. The summed E-state index contributed by atoms with van der Waals surface area (Å²) >= 11 is 7.07. The van der Waals surface area contributed by atoms with Crippen molar-refractivity contribution >= 4 is 59.7 Å². The molecule has 0 bridgehead atoms. The Morgan fingerprint density at radius 1 is 0.378 bits per heavy atom. The van der Waals surface area contributed by atoms with E-state index in [0.717, 1.165) is 26.0 Å². The smallest absolute Gasteiger partial charge is 0.0540 e. The highest BCUT2D eigenvalue weighted by atomic mass is 79.9. The third kappa shape index (κ3) is 4.98. The molecule has 0 saturated carbocycles. The van der Waals surface area contributed by atoms with Crippen molar-refractivity contribution in [2.24, 2.45) is 0 Å². The number of hydrogen-bond acceptors (Lipinski definition) is 1. The largest absolute Gasteiger partial charge is 0.310 e. The summed E-state index contributed by atoms with van der Waals surface area (Å²) < 4.78 is 2.17. The minimum absolute atomic E-state index is 1.08. The minimum Gasteiger partial charge on any atom is -0.310 e. The van der Waals surface area contributed by atoms with Crippen LogP contribution in [0.5, 0.6) is 0 Å². The molecule has 0 atom stereocenters. The Hall–Kier alpha value is -3.66. The highest BCUT2D eigenvalue weighted by molar-refractivity contribution is 9.10. The number of fused-ring (bicyclic) bond motifs is 1. The summed E-state index contributed by atoms with van der Waals surface area (Å²) in [6.07, 6.45) is 0. The predicted octanol–water partition coefficient (Wildman–Crippen LogP) is 11.2. The van der Waals surface area contributed by atoms with E-state index in [-0.39, 0.29) is 0 Å². The Kier molecular flexibility index (Phi) is 6.65. The van der Waals surface area contributed by atoms with Gasteiger partial charge in [0.1, 0.15) is 0 Å². The van der Waals surface area contributed by atoms with Crippen LogP contribution < -0.4 is 4.90 Å². The number of benzene rings is 6. The van der Waals surface area contributed by atoms with Gasteiger partial charge in [0.2, 0.25) is 0 Å². The zero-order valence-electron chi connectivity index (χ0n) is 20.0. The van der Waals surface area contributed by atoms with E-state index in [1.54, 1.807) is 0 Å². The summed E-state index contributed by atoms with van der Waals surface area (Å²) in [5, 5.41) is 2.45. The number of rotatable bonds is 5. The molecule has 0 aliphatic rings. The molecule has 0 spiro atoms. The number of anilines is 3. The van der Waals surface area contributed by atoms with Gasteiger partial charge < -0.3 is 4.90 Å². The van der Waals surface area contributed by atoms with Crippen molar-refractivity contribution in [1.29, 1.82) is 0 Å². The van der Waals surface area contributed by atoms with Crippen LogP contribution in [0, 0.1) is 0 Å². The molecule has 0 unspecified atom stereocenters. The molecule has 3 heteroatoms. The summed E-state index contributed by atoms with van der Waals surface area (Å²) in [5.41, 5.74) is 8.18. The quantitative estimate of drug-likeness (QED) is 0.189. The summed E-state index contributed by atoms with van der Waals surface area (Å²) in [7, 11) is 0. The van der Waals surface area contributed by atoms with Gasteiger partial charge in [0.25, 0.3) is 0 Å². The van der Waals surface area contributed by atoms with Crippen LogP contribution >= 0.6 is 31.9 Å². The Balaban J connectivity index is 1.45. The van der Waals surface area contributed by atoms with E-state index in [9.17, 15) is 0 Å². The number of nitrogens with zero attached hydrogens (tertiary/aromatic N) is 1. The van der Waals surface area contributed by atoms with Gasteiger partial charge in [-0.3, -0.25) is 0 Å². The maximum atomic E-state index is 3.53. The maximum Gasteiger partial charge on any atom is 0.0540 e. The molecule has 0 radical (unpaired) electrons. The molecule has 0 aromatic heterocycles. The lowest BCUT2D eigenvalue weighted by molar-refractivity contribution is 1.30. The highest BCUT2D eigenvalue weighted by Crippen LogP contribution is 2.40. The average molecular weight is 605 g/mol. The van der Waals surface area contributed by atoms with Gasteiger partial charge in [0.05, 0.1) is 5.69 Å². The molecule has 0 aliphatic carbocycles. The second kappa shape index (κ2) is 10.4. The molecule has 6 rings (SSSR count). The van der Waals surface area contributed by atoms with Gasteiger partial charge in [-0.15, -0.1) is 0 Å². The molecule has 1 nitrogen and oxygen atoms in total. The molecule has 6 aromatic rings. The van der Waals surface area contributed by atoms with E-state index in [1.165, 1.54) is 33.0 Å². The topological polar surface area (TPSA) is 3.24 Å². The Morgan fingerprint density at radius 3 is 1.27 bits per heavy atom. The van der Waals surface area contributed by atoms with Crippen molar-refractivity contribution in [1.82, 2.24) is 0 Å². The fraction of sp³-hybridized carbons (Fsp3) is 0. The van der Waals surface area contributed by atoms with E-state index in [2.05, 4.69) is 176 Å². The summed E-state index contributed by atoms with van der Waals surface area (Å²) in [6.45, 7) is 0. The molecule has 178 valence electrons. The zero-order valence-corrected chi connectivity index (χ0v) is 23.2. The van der Waals surface area contributed by atoms with E-state index < -0.39 is 0 Å². The molecule has 0 fully saturated rings. The monoisotopic (exact) mass is 603 g/mol. The fourth-order valence-corrected chi connectivity index (χ4v) is 5.25. The van der Waals surface area contributed by atoms with Gasteiger partial charge in [-0.2, -0.15) is 0 Å². The Bertz CT molecular complexity index is 1560. The lowest BCUT2D eigenvalue weighted by atomic mass is 10.0. The van der Waals surface area contributed by atoms with Crippen LogP contribution in [0.1, 0.15) is 0 Å². The standard InChI is InChI=1S/C34H23Br2N/c35-29-16-8-24(9-17-29)26-12-20-31(21-13-26)37(34-7-3-5-28-4-1-2-6-33(28)34)32-22-14-27(15-23-32)25-10-18-30(36)19-11-25/h1-23H. The van der Waals surface area contributed by atoms with Crippen molar-refractivity contribution in [2.45, 2.75) is 0 Å². The molecule has 0 N–H and O–H groups in total. The van der Waals surface area contributed by atoms with Crippen LogP contribution in [-0.4, -0.2) is 0 Å². The average Bonchev–Trinajstić information content (AvgIpc) is 2.95. The van der Waals surface area contributed by atoms with Crippen LogP contribution in [0.15, 0.2) is 148 Å². The SMILES string of the molecule is Brc1ccc(-c2ccc(N(c3ccc(-c4ccc(Br)cc4)cc3)c3cccc4ccccc34)cc2)cc1. The van der Waals surface area contributed by atoms with Crippen molar-refractivity contribution in [3.8, 4) is 22.3 Å². The number of halogens is 2. The van der Waals surface area contributed by atoms with Crippen LogP contribution in [-0.2, 0) is 0 Å². The molecule has 37 heavy (non-hydrogen) atoms. The number of hydrogen-bond donors (Lipinski definition) is 0. The highest BCUT2D eigenvalue weighted by Gasteiger charge is 2.15. The van der Waals surface area contributed by atoms with Crippen molar-refractivity contribution in [3.63, 3.8) is 0 Å². The van der Waals surface area contributed by atoms with Crippen LogP contribution in [0.25, 0.3) is 33.0 Å². The van der Waals surface area contributed by atoms with Crippen LogP contribution in [0.3, 0.4) is 0 Å². The van der Waals surface area contributed by atoms with Crippen molar-refractivity contribution in [3.05, 3.63) is 148 Å². The first kappa shape index (κ1) is 23.7. The summed E-state index contributed by atoms with van der Waals surface area (Å²) in [6, 6.07) is 49.6. The van der Waals surface area contributed by atoms with Gasteiger partial charge in [0.15, 0.2) is 0 Å². The molecule has 0 heterocycles. The first-order chi connectivity index (χ1) is 18.2. The molecular formula is C34H23Br2N. The second-order valence-corrected chi connectivity index (χ2v) is 10.8. The van der Waals surface area contributed by atoms with Gasteiger partial charge in [0, 0.05) is 25.7 Å². The lowest BCUT2D eigenvalue weighted by Gasteiger charge is -2.27. The van der Waals surface area contributed by atoms with Gasteiger partial charge in [-0.05, 0) is 82.2 Å². The molecule has 0 amide bonds. The van der Waals surface area contributed by atoms with Gasteiger partial charge in [-0.25, -0.2) is 0 Å². The van der Waals surface area contributed by atoms with Gasteiger partial charge >= 0.3 is 0 Å². The molecular weight excluding hydrogens is 582 g/mol. The predicted molar refractivity (Wildman–Crippen MR) is 165 cm³/mol. The Morgan fingerprint density at radius 2 is 0.784 bits per heavy atom. The van der Waals surface area contributed by atoms with Crippen molar-refractivity contribution < 1.29 is 0 Å². The molecule has 6 aromatic carbocycles. The second-order valence-electron chi connectivity index (χ2n) is 8.94.